The third-order valence-corrected chi connectivity index (χ3v) is 5.16. The van der Waals surface area contributed by atoms with E-state index in [-0.39, 0.29) is 12.4 Å². The van der Waals surface area contributed by atoms with Crippen molar-refractivity contribution < 1.29 is 9.18 Å². The summed E-state index contributed by atoms with van der Waals surface area (Å²) in [4.78, 5) is 19.0. The molecule has 3 heterocycles. The van der Waals surface area contributed by atoms with Gasteiger partial charge in [-0.3, -0.25) is 4.79 Å². The van der Waals surface area contributed by atoms with Gasteiger partial charge in [-0.05, 0) is 18.2 Å². The van der Waals surface area contributed by atoms with Crippen LogP contribution in [0.15, 0.2) is 24.4 Å². The van der Waals surface area contributed by atoms with Gasteiger partial charge in [-0.1, -0.05) is 0 Å². The maximum Gasteiger partial charge on any atom is 0.239 e. The molecule has 3 aromatic rings. The fourth-order valence-electron chi connectivity index (χ4n) is 2.66. The van der Waals surface area contributed by atoms with Crippen molar-refractivity contribution in [3.63, 3.8) is 0 Å². The zero-order valence-electron chi connectivity index (χ0n) is 12.1. The van der Waals surface area contributed by atoms with E-state index >= 15 is 0 Å². The zero-order valence-corrected chi connectivity index (χ0v) is 12.9. The lowest BCUT2D eigenvalue weighted by Gasteiger charge is -2.21. The highest BCUT2D eigenvalue weighted by Crippen LogP contribution is 2.34. The minimum atomic E-state index is -0.475. The van der Waals surface area contributed by atoms with Crippen LogP contribution in [0.1, 0.15) is 11.7 Å². The number of aromatic nitrogens is 4. The first-order valence-corrected chi connectivity index (χ1v) is 8.35. The molecule has 1 aromatic carbocycles. The number of rotatable bonds is 4. The van der Waals surface area contributed by atoms with Gasteiger partial charge in [0, 0.05) is 40.1 Å². The molecule has 1 aliphatic heterocycles. The molecule has 0 radical (unpaired) electrons. The predicted molar refractivity (Wildman–Crippen MR) is 86.5 cm³/mol. The Labute approximate surface area is 135 Å². The van der Waals surface area contributed by atoms with E-state index in [1.54, 1.807) is 12.3 Å². The lowest BCUT2D eigenvalue weighted by Crippen LogP contribution is -2.21. The van der Waals surface area contributed by atoms with E-state index in [1.165, 1.54) is 16.8 Å². The summed E-state index contributed by atoms with van der Waals surface area (Å²) in [7, 11) is 0. The molecule has 0 bridgehead atoms. The highest BCUT2D eigenvalue weighted by Gasteiger charge is 2.27. The van der Waals surface area contributed by atoms with Gasteiger partial charge in [-0.2, -0.15) is 16.9 Å². The Balaban J connectivity index is 1.84. The number of carbonyl (C=O) groups is 1. The van der Waals surface area contributed by atoms with Crippen LogP contribution >= 0.6 is 11.8 Å². The number of nitrogens with one attached hydrogen (secondary N) is 1. The first-order valence-electron chi connectivity index (χ1n) is 7.19. The SMILES string of the molecule is NC(=O)Cn1nc(C2CSC2)nc1-c1c[nH]c2cc(F)ccc12. The Bertz CT molecular complexity index is 899. The molecule has 6 nitrogen and oxygen atoms in total. The second kappa shape index (κ2) is 5.38. The number of halogens is 1. The van der Waals surface area contributed by atoms with Crippen LogP contribution in [0.4, 0.5) is 4.39 Å². The van der Waals surface area contributed by atoms with Crippen LogP contribution in [-0.2, 0) is 11.3 Å². The van der Waals surface area contributed by atoms with Crippen molar-refractivity contribution in [3.05, 3.63) is 36.0 Å². The number of H-pyrrole nitrogens is 1. The minimum absolute atomic E-state index is 0.0317. The first-order chi connectivity index (χ1) is 11.1. The number of carbonyl (C=O) groups excluding carboxylic acids is 1. The highest BCUT2D eigenvalue weighted by atomic mass is 32.2. The van der Waals surface area contributed by atoms with Gasteiger partial charge in [0.2, 0.25) is 5.91 Å². The van der Waals surface area contributed by atoms with E-state index in [9.17, 15) is 9.18 Å². The van der Waals surface area contributed by atoms with Crippen LogP contribution < -0.4 is 5.73 Å². The molecule has 0 saturated carbocycles. The Morgan fingerprint density at radius 2 is 2.30 bits per heavy atom. The maximum atomic E-state index is 13.3. The van der Waals surface area contributed by atoms with Gasteiger partial charge in [-0.25, -0.2) is 14.1 Å². The highest BCUT2D eigenvalue weighted by molar-refractivity contribution is 8.00. The molecule has 0 spiro atoms. The van der Waals surface area contributed by atoms with Crippen LogP contribution in [0.5, 0.6) is 0 Å². The van der Waals surface area contributed by atoms with E-state index in [2.05, 4.69) is 15.1 Å². The quantitative estimate of drug-likeness (QED) is 0.764. The lowest BCUT2D eigenvalue weighted by molar-refractivity contribution is -0.118. The summed E-state index contributed by atoms with van der Waals surface area (Å²) in [6, 6.07) is 4.52. The third-order valence-electron chi connectivity index (χ3n) is 3.88. The Kier molecular flexibility index (Phi) is 3.33. The number of hydrogen-bond donors (Lipinski definition) is 2. The molecule has 1 fully saturated rings. The standard InChI is InChI=1S/C15H14FN5OS/c16-9-1-2-10-11(4-18-12(10)3-9)15-19-14(8-6-23-7-8)20-21(15)5-13(17)22/h1-4,8,18H,5-7H2,(H2,17,22). The van der Waals surface area contributed by atoms with Gasteiger partial charge in [-0.15, -0.1) is 0 Å². The van der Waals surface area contributed by atoms with Gasteiger partial charge < -0.3 is 10.7 Å². The van der Waals surface area contributed by atoms with Crippen molar-refractivity contribution in [2.24, 2.45) is 5.73 Å². The molecule has 4 rings (SSSR count). The first kappa shape index (κ1) is 14.3. The molecule has 1 amide bonds. The molecule has 3 N–H and O–H groups in total. The van der Waals surface area contributed by atoms with Gasteiger partial charge in [0.05, 0.1) is 0 Å². The van der Waals surface area contributed by atoms with Crippen molar-refractivity contribution in [2.75, 3.05) is 11.5 Å². The summed E-state index contributed by atoms with van der Waals surface area (Å²) < 4.78 is 14.9. The topological polar surface area (TPSA) is 89.6 Å². The summed E-state index contributed by atoms with van der Waals surface area (Å²) in [6.07, 6.45) is 1.75. The molecular formula is C15H14FN5OS. The number of nitrogens with two attached hydrogens (primary N) is 1. The number of thioether (sulfide) groups is 1. The average Bonchev–Trinajstić information content (AvgIpc) is 2.99. The molecular weight excluding hydrogens is 317 g/mol. The summed E-state index contributed by atoms with van der Waals surface area (Å²) in [5, 5.41) is 5.29. The van der Waals surface area contributed by atoms with E-state index in [0.29, 0.717) is 17.3 Å². The van der Waals surface area contributed by atoms with Crippen molar-refractivity contribution >= 4 is 28.6 Å². The van der Waals surface area contributed by atoms with Crippen LogP contribution in [0, 0.1) is 5.82 Å². The Hall–Kier alpha value is -2.35. The minimum Gasteiger partial charge on any atom is -0.368 e. The Morgan fingerprint density at radius 3 is 3.00 bits per heavy atom. The number of fused-ring (bicyclic) bond motifs is 1. The summed E-state index contributed by atoms with van der Waals surface area (Å²) >= 11 is 1.84. The smallest absolute Gasteiger partial charge is 0.239 e. The second-order valence-corrected chi connectivity index (χ2v) is 6.62. The van der Waals surface area contributed by atoms with Gasteiger partial charge in [0.1, 0.15) is 12.4 Å². The Morgan fingerprint density at radius 1 is 1.48 bits per heavy atom. The predicted octanol–water partition coefficient (Wildman–Crippen LogP) is 1.88. The molecule has 118 valence electrons. The van der Waals surface area contributed by atoms with Crippen molar-refractivity contribution in [3.8, 4) is 11.4 Å². The van der Waals surface area contributed by atoms with E-state index in [1.807, 2.05) is 11.8 Å². The molecule has 23 heavy (non-hydrogen) atoms. The van der Waals surface area contributed by atoms with E-state index in [0.717, 1.165) is 28.3 Å². The van der Waals surface area contributed by atoms with Crippen molar-refractivity contribution in [1.82, 2.24) is 19.7 Å². The molecule has 1 saturated heterocycles. The molecule has 2 aromatic heterocycles. The van der Waals surface area contributed by atoms with E-state index in [4.69, 9.17) is 5.73 Å². The normalized spacial score (nSPS) is 15.0. The second-order valence-electron chi connectivity index (χ2n) is 5.54. The van der Waals surface area contributed by atoms with Crippen LogP contribution in [0.3, 0.4) is 0 Å². The van der Waals surface area contributed by atoms with Crippen LogP contribution in [0.25, 0.3) is 22.3 Å². The van der Waals surface area contributed by atoms with Crippen LogP contribution in [-0.4, -0.2) is 37.2 Å². The molecule has 0 aliphatic carbocycles. The van der Waals surface area contributed by atoms with Crippen molar-refractivity contribution in [1.29, 1.82) is 0 Å². The lowest BCUT2D eigenvalue weighted by atomic mass is 10.1. The van der Waals surface area contributed by atoms with Gasteiger partial charge >= 0.3 is 0 Å². The zero-order chi connectivity index (χ0) is 16.0. The van der Waals surface area contributed by atoms with Gasteiger partial charge in [0.15, 0.2) is 11.6 Å². The van der Waals surface area contributed by atoms with Gasteiger partial charge in [0.25, 0.3) is 0 Å². The third kappa shape index (κ3) is 2.48. The largest absolute Gasteiger partial charge is 0.368 e. The molecule has 0 atom stereocenters. The molecule has 1 aliphatic rings. The summed E-state index contributed by atoms with van der Waals surface area (Å²) in [6.45, 7) is -0.0317. The summed E-state index contributed by atoms with van der Waals surface area (Å²) in [5.41, 5.74) is 6.78. The van der Waals surface area contributed by atoms with Crippen molar-refractivity contribution in [2.45, 2.75) is 12.5 Å². The number of primary amides is 1. The van der Waals surface area contributed by atoms with E-state index < -0.39 is 5.91 Å². The number of hydrogen-bond acceptors (Lipinski definition) is 4. The monoisotopic (exact) mass is 331 g/mol. The summed E-state index contributed by atoms with van der Waals surface area (Å²) in [5.74, 6) is 2.81. The fraction of sp³-hybridized carbons (Fsp3) is 0.267. The fourth-order valence-corrected chi connectivity index (χ4v) is 3.43. The number of nitrogens with zero attached hydrogens (tertiary/aromatic N) is 3. The van der Waals surface area contributed by atoms with Crippen LogP contribution in [0.2, 0.25) is 0 Å². The molecule has 8 heteroatoms. The number of amides is 1. The average molecular weight is 331 g/mol. The molecule has 0 unspecified atom stereocenters. The number of aromatic amines is 1. The maximum absolute atomic E-state index is 13.3. The number of benzene rings is 1.